The molecule has 0 saturated carbocycles. The van der Waals surface area contributed by atoms with Crippen molar-refractivity contribution in [2.75, 3.05) is 0 Å². The van der Waals surface area contributed by atoms with Gasteiger partial charge in [-0.25, -0.2) is 0 Å². The highest BCUT2D eigenvalue weighted by atomic mass is 15.0. The molecule has 9 aromatic rings. The minimum atomic E-state index is 0.614. The summed E-state index contributed by atoms with van der Waals surface area (Å²) in [6.45, 7) is 0. The highest BCUT2D eigenvalue weighted by molar-refractivity contribution is 6.12. The van der Waals surface area contributed by atoms with Crippen molar-refractivity contribution in [1.29, 1.82) is 10.5 Å². The fourth-order valence-corrected chi connectivity index (χ4v) is 7.27. The zero-order valence-electron chi connectivity index (χ0n) is 25.8. The van der Waals surface area contributed by atoms with Gasteiger partial charge >= 0.3 is 0 Å². The maximum atomic E-state index is 9.70. The van der Waals surface area contributed by atoms with E-state index < -0.39 is 0 Å². The number of nitrogens with zero attached hydrogens (tertiary/aromatic N) is 4. The Balaban J connectivity index is 1.29. The lowest BCUT2D eigenvalue weighted by Gasteiger charge is -2.17. The van der Waals surface area contributed by atoms with Crippen LogP contribution in [0.3, 0.4) is 0 Å². The first-order valence-electron chi connectivity index (χ1n) is 15.9. The molecule has 0 aliphatic heterocycles. The third-order valence-corrected chi connectivity index (χ3v) is 9.40. The maximum absolute atomic E-state index is 9.70. The summed E-state index contributed by atoms with van der Waals surface area (Å²) in [6, 6.07) is 59.1. The average Bonchev–Trinajstić information content (AvgIpc) is 3.67. The topological polar surface area (TPSA) is 57.4 Å². The predicted molar refractivity (Wildman–Crippen MR) is 195 cm³/mol. The summed E-state index contributed by atoms with van der Waals surface area (Å²) in [4.78, 5) is 0. The molecule has 9 rings (SSSR count). The Morgan fingerprint density at radius 3 is 1.65 bits per heavy atom. The molecule has 0 atom stereocenters. The van der Waals surface area contributed by atoms with Crippen molar-refractivity contribution >= 4 is 43.6 Å². The SMILES string of the molecule is N#Cc1ccc(-n2c3ccc(C#N)cc3c3ccc(-c4ccccc4-c4ccccc4-n4c5ccccc5c5ccccc54)cc32)cc1. The molecular weight excluding hydrogens is 585 g/mol. The molecule has 4 nitrogen and oxygen atoms in total. The van der Waals surface area contributed by atoms with Gasteiger partial charge in [0.1, 0.15) is 0 Å². The molecule has 0 aliphatic rings. The van der Waals surface area contributed by atoms with Crippen molar-refractivity contribution in [2.24, 2.45) is 0 Å². The standard InChI is InChI=1S/C44H26N4/c45-27-29-17-21-32(22-18-29)47-43-24-19-30(28-46)25-39(43)38-23-20-31(26-44(38)47)33-9-1-2-10-34(33)35-11-3-6-14-40(35)48-41-15-7-4-12-36(41)37-13-5-8-16-42(37)48/h1-26H. The number of para-hydroxylation sites is 3. The van der Waals surface area contributed by atoms with Gasteiger partial charge < -0.3 is 9.13 Å². The van der Waals surface area contributed by atoms with E-state index >= 15 is 0 Å². The first-order chi connectivity index (χ1) is 23.7. The lowest BCUT2D eigenvalue weighted by Crippen LogP contribution is -1.98. The number of nitriles is 2. The minimum absolute atomic E-state index is 0.614. The fraction of sp³-hybridized carbons (Fsp3) is 0. The maximum Gasteiger partial charge on any atom is 0.0991 e. The molecule has 4 heteroatoms. The number of aromatic nitrogens is 2. The molecule has 2 aromatic heterocycles. The Hall–Kier alpha value is -6.88. The summed E-state index contributed by atoms with van der Waals surface area (Å²) in [7, 11) is 0. The molecule has 48 heavy (non-hydrogen) atoms. The first kappa shape index (κ1) is 27.4. The van der Waals surface area contributed by atoms with Gasteiger partial charge in [-0.2, -0.15) is 10.5 Å². The third kappa shape index (κ3) is 4.14. The molecule has 222 valence electrons. The number of rotatable bonds is 4. The Labute approximate surface area is 277 Å². The molecule has 0 bridgehead atoms. The Morgan fingerprint density at radius 1 is 0.375 bits per heavy atom. The van der Waals surface area contributed by atoms with E-state index in [1.807, 2.05) is 42.5 Å². The molecule has 0 radical (unpaired) electrons. The summed E-state index contributed by atoms with van der Waals surface area (Å²) in [5.41, 5.74) is 12.2. The van der Waals surface area contributed by atoms with Gasteiger partial charge in [0.2, 0.25) is 0 Å². The summed E-state index contributed by atoms with van der Waals surface area (Å²) in [5.74, 6) is 0. The molecule has 2 heterocycles. The molecule has 0 saturated heterocycles. The van der Waals surface area contributed by atoms with Crippen LogP contribution in [0.4, 0.5) is 0 Å². The number of fused-ring (bicyclic) bond motifs is 6. The zero-order valence-corrected chi connectivity index (χ0v) is 25.8. The van der Waals surface area contributed by atoms with Gasteiger partial charge in [-0.05, 0) is 83.4 Å². The molecule has 0 N–H and O–H groups in total. The largest absolute Gasteiger partial charge is 0.309 e. The van der Waals surface area contributed by atoms with E-state index in [1.165, 1.54) is 21.8 Å². The van der Waals surface area contributed by atoms with Crippen molar-refractivity contribution in [2.45, 2.75) is 0 Å². The van der Waals surface area contributed by atoms with Gasteiger partial charge in [0, 0.05) is 32.8 Å². The second kappa shape index (κ2) is 10.9. The fourth-order valence-electron chi connectivity index (χ4n) is 7.27. The van der Waals surface area contributed by atoms with Crippen molar-refractivity contribution in [3.8, 4) is 45.8 Å². The lowest BCUT2D eigenvalue weighted by atomic mass is 9.93. The van der Waals surface area contributed by atoms with Gasteiger partial charge in [-0.15, -0.1) is 0 Å². The van der Waals surface area contributed by atoms with Crippen LogP contribution in [0.2, 0.25) is 0 Å². The van der Waals surface area contributed by atoms with Crippen molar-refractivity contribution in [1.82, 2.24) is 9.13 Å². The third-order valence-electron chi connectivity index (χ3n) is 9.40. The Morgan fingerprint density at radius 2 is 0.938 bits per heavy atom. The molecule has 7 aromatic carbocycles. The summed E-state index contributed by atoms with van der Waals surface area (Å²) in [5, 5.41) is 23.7. The summed E-state index contributed by atoms with van der Waals surface area (Å²) >= 11 is 0. The molecular formula is C44H26N4. The van der Waals surface area contributed by atoms with Crippen LogP contribution >= 0.6 is 0 Å². The van der Waals surface area contributed by atoms with E-state index in [0.29, 0.717) is 11.1 Å². The van der Waals surface area contributed by atoms with Gasteiger partial charge in [-0.3, -0.25) is 0 Å². The van der Waals surface area contributed by atoms with Crippen LogP contribution in [0.5, 0.6) is 0 Å². The normalized spacial score (nSPS) is 11.3. The van der Waals surface area contributed by atoms with Crippen LogP contribution in [-0.2, 0) is 0 Å². The van der Waals surface area contributed by atoms with Crippen LogP contribution < -0.4 is 0 Å². The van der Waals surface area contributed by atoms with Crippen LogP contribution in [-0.4, -0.2) is 9.13 Å². The van der Waals surface area contributed by atoms with Crippen molar-refractivity contribution < 1.29 is 0 Å². The summed E-state index contributed by atoms with van der Waals surface area (Å²) in [6.07, 6.45) is 0. The van der Waals surface area contributed by atoms with Crippen LogP contribution in [0.25, 0.3) is 77.2 Å². The van der Waals surface area contributed by atoms with E-state index in [9.17, 15) is 10.5 Å². The van der Waals surface area contributed by atoms with E-state index in [4.69, 9.17) is 0 Å². The van der Waals surface area contributed by atoms with Crippen molar-refractivity contribution in [3.05, 3.63) is 169 Å². The molecule has 0 amide bonds. The number of hydrogen-bond acceptors (Lipinski definition) is 2. The molecule has 0 aliphatic carbocycles. The first-order valence-corrected chi connectivity index (χ1v) is 15.9. The minimum Gasteiger partial charge on any atom is -0.309 e. The molecule has 0 unspecified atom stereocenters. The van der Waals surface area contributed by atoms with Gasteiger partial charge in [0.25, 0.3) is 0 Å². The van der Waals surface area contributed by atoms with E-state index in [-0.39, 0.29) is 0 Å². The van der Waals surface area contributed by atoms with Crippen LogP contribution in [0, 0.1) is 22.7 Å². The van der Waals surface area contributed by atoms with Crippen molar-refractivity contribution in [3.63, 3.8) is 0 Å². The smallest absolute Gasteiger partial charge is 0.0991 e. The average molecular weight is 611 g/mol. The Kier molecular flexibility index (Phi) is 6.22. The van der Waals surface area contributed by atoms with E-state index in [0.717, 1.165) is 55.4 Å². The summed E-state index contributed by atoms with van der Waals surface area (Å²) < 4.78 is 4.61. The highest BCUT2D eigenvalue weighted by Gasteiger charge is 2.19. The van der Waals surface area contributed by atoms with E-state index in [2.05, 4.69) is 137 Å². The second-order valence-electron chi connectivity index (χ2n) is 12.0. The highest BCUT2D eigenvalue weighted by Crippen LogP contribution is 2.41. The number of hydrogen-bond donors (Lipinski definition) is 0. The lowest BCUT2D eigenvalue weighted by molar-refractivity contribution is 1.18. The monoisotopic (exact) mass is 610 g/mol. The molecule has 0 spiro atoms. The van der Waals surface area contributed by atoms with Gasteiger partial charge in [-0.1, -0.05) is 91.0 Å². The predicted octanol–water partition coefficient (Wildman–Crippen LogP) is 11.0. The van der Waals surface area contributed by atoms with Gasteiger partial charge in [0.15, 0.2) is 0 Å². The van der Waals surface area contributed by atoms with E-state index in [1.54, 1.807) is 0 Å². The molecule has 0 fully saturated rings. The second-order valence-corrected chi connectivity index (χ2v) is 12.0. The van der Waals surface area contributed by atoms with Gasteiger partial charge in [0.05, 0.1) is 51.0 Å². The Bertz CT molecular complexity index is 2750. The quantitative estimate of drug-likeness (QED) is 0.199. The number of benzene rings is 7. The van der Waals surface area contributed by atoms with Crippen LogP contribution in [0.15, 0.2) is 158 Å². The van der Waals surface area contributed by atoms with Crippen LogP contribution in [0.1, 0.15) is 11.1 Å². The zero-order chi connectivity index (χ0) is 32.2.